The molecule has 0 aromatic heterocycles. The zero-order valence-corrected chi connectivity index (χ0v) is 15.7. The molecule has 0 bridgehead atoms. The third-order valence-corrected chi connectivity index (χ3v) is 4.97. The van der Waals surface area contributed by atoms with Crippen LogP contribution in [0.5, 0.6) is 0 Å². The van der Waals surface area contributed by atoms with Crippen molar-refractivity contribution in [3.63, 3.8) is 0 Å². The molecule has 2 N–H and O–H groups in total. The molecule has 142 valence electrons. The molecule has 0 radical (unpaired) electrons. The highest BCUT2D eigenvalue weighted by molar-refractivity contribution is 5.92. The van der Waals surface area contributed by atoms with Gasteiger partial charge >= 0.3 is 0 Å². The van der Waals surface area contributed by atoms with Gasteiger partial charge < -0.3 is 15.1 Å². The molecule has 0 saturated carbocycles. The fourth-order valence-corrected chi connectivity index (χ4v) is 3.34. The maximum Gasteiger partial charge on any atom is 0.279 e. The van der Waals surface area contributed by atoms with Gasteiger partial charge in [-0.1, -0.05) is 12.1 Å². The zero-order chi connectivity index (χ0) is 19.4. The molecule has 7 heteroatoms. The number of nitro groups is 1. The number of carbonyl (C=O) groups is 1. The average molecular weight is 369 g/mol. The Hall–Kier alpha value is -2.93. The van der Waals surface area contributed by atoms with Gasteiger partial charge in [-0.25, -0.2) is 0 Å². The molecule has 1 amide bonds. The lowest BCUT2D eigenvalue weighted by Gasteiger charge is -2.33. The Bertz CT molecular complexity index is 828. The van der Waals surface area contributed by atoms with Gasteiger partial charge in [0.15, 0.2) is 6.54 Å². The van der Waals surface area contributed by atoms with Gasteiger partial charge in [0.25, 0.3) is 11.6 Å². The summed E-state index contributed by atoms with van der Waals surface area (Å²) in [5.41, 5.74) is 4.15. The summed E-state index contributed by atoms with van der Waals surface area (Å²) in [5, 5.41) is 13.8. The number of piperazine rings is 1. The van der Waals surface area contributed by atoms with Gasteiger partial charge in [0.2, 0.25) is 0 Å². The Morgan fingerprint density at radius 1 is 1.15 bits per heavy atom. The van der Waals surface area contributed by atoms with Crippen LogP contribution in [0.25, 0.3) is 0 Å². The van der Waals surface area contributed by atoms with Crippen LogP contribution in [-0.4, -0.2) is 43.6 Å². The fraction of sp³-hybridized carbons (Fsp3) is 0.350. The second-order valence-corrected chi connectivity index (χ2v) is 7.05. The molecule has 1 saturated heterocycles. The minimum Gasteiger partial charge on any atom is -0.360 e. The minimum atomic E-state index is -0.388. The van der Waals surface area contributed by atoms with Gasteiger partial charge in [-0.15, -0.1) is 0 Å². The number of rotatable bonds is 5. The first-order valence-electron chi connectivity index (χ1n) is 9.12. The van der Waals surface area contributed by atoms with E-state index in [1.807, 2.05) is 32.0 Å². The van der Waals surface area contributed by atoms with E-state index in [1.165, 1.54) is 17.0 Å². The van der Waals surface area contributed by atoms with E-state index in [2.05, 4.69) is 10.2 Å². The normalized spacial score (nSPS) is 14.8. The van der Waals surface area contributed by atoms with Crippen molar-refractivity contribution in [1.29, 1.82) is 0 Å². The van der Waals surface area contributed by atoms with Gasteiger partial charge in [-0.05, 0) is 43.2 Å². The second kappa shape index (κ2) is 8.18. The van der Waals surface area contributed by atoms with Crippen LogP contribution >= 0.6 is 0 Å². The number of nitrogens with one attached hydrogen (secondary N) is 2. The summed E-state index contributed by atoms with van der Waals surface area (Å²) in [6.07, 6.45) is 0. The molecule has 3 rings (SSSR count). The molecule has 1 fully saturated rings. The summed E-state index contributed by atoms with van der Waals surface area (Å²) in [4.78, 5) is 26.2. The predicted octanol–water partition coefficient (Wildman–Crippen LogP) is 1.56. The molecule has 1 aliphatic rings. The number of quaternary nitrogens is 1. The number of hydrogen-bond donors (Lipinski definition) is 2. The Morgan fingerprint density at radius 2 is 1.81 bits per heavy atom. The highest BCUT2D eigenvalue weighted by atomic mass is 16.6. The number of nitro benzene ring substituents is 1. The van der Waals surface area contributed by atoms with Gasteiger partial charge in [-0.2, -0.15) is 0 Å². The highest BCUT2D eigenvalue weighted by Gasteiger charge is 2.23. The van der Waals surface area contributed by atoms with Crippen molar-refractivity contribution in [2.45, 2.75) is 13.8 Å². The van der Waals surface area contributed by atoms with Crippen LogP contribution in [0.3, 0.4) is 0 Å². The van der Waals surface area contributed by atoms with Crippen molar-refractivity contribution < 1.29 is 14.6 Å². The summed E-state index contributed by atoms with van der Waals surface area (Å²) in [6.45, 7) is 7.81. The maximum absolute atomic E-state index is 12.4. The Balaban J connectivity index is 1.51. The van der Waals surface area contributed by atoms with Crippen LogP contribution in [0.4, 0.5) is 17.1 Å². The Morgan fingerprint density at radius 3 is 2.44 bits per heavy atom. The quantitative estimate of drug-likeness (QED) is 0.619. The summed E-state index contributed by atoms with van der Waals surface area (Å²) in [6, 6.07) is 12.7. The fourth-order valence-electron chi connectivity index (χ4n) is 3.34. The first-order valence-corrected chi connectivity index (χ1v) is 9.12. The number of anilines is 2. The van der Waals surface area contributed by atoms with Crippen LogP contribution in [0.2, 0.25) is 0 Å². The lowest BCUT2D eigenvalue weighted by atomic mass is 10.1. The minimum absolute atomic E-state index is 0.0301. The van der Waals surface area contributed by atoms with E-state index in [-0.39, 0.29) is 16.5 Å². The predicted molar refractivity (Wildman–Crippen MR) is 105 cm³/mol. The van der Waals surface area contributed by atoms with Gasteiger partial charge in [0.05, 0.1) is 31.1 Å². The van der Waals surface area contributed by atoms with Crippen molar-refractivity contribution >= 4 is 23.0 Å². The van der Waals surface area contributed by atoms with Crippen molar-refractivity contribution in [3.05, 3.63) is 63.7 Å². The molecule has 0 spiro atoms. The first-order chi connectivity index (χ1) is 12.9. The lowest BCUT2D eigenvalue weighted by Crippen LogP contribution is -3.15. The average Bonchev–Trinajstić information content (AvgIpc) is 2.65. The van der Waals surface area contributed by atoms with Crippen molar-refractivity contribution in [2.75, 3.05) is 42.9 Å². The third kappa shape index (κ3) is 4.83. The molecule has 27 heavy (non-hydrogen) atoms. The van der Waals surface area contributed by atoms with Crippen LogP contribution in [0.1, 0.15) is 11.1 Å². The number of aryl methyl sites for hydroxylation is 2. The molecular weight excluding hydrogens is 344 g/mol. The standard InChI is InChI=1S/C20H24N4O3/c1-15-3-4-16(2)19(13-15)21-20(25)14-22-9-11-23(12-10-22)17-5-7-18(8-6-17)24(26)27/h3-8,13H,9-12,14H2,1-2H3,(H,21,25)/p+1. The van der Waals surface area contributed by atoms with Crippen LogP contribution in [0, 0.1) is 24.0 Å². The van der Waals surface area contributed by atoms with E-state index in [9.17, 15) is 14.9 Å². The van der Waals surface area contributed by atoms with Gasteiger partial charge in [0, 0.05) is 23.5 Å². The third-order valence-electron chi connectivity index (χ3n) is 4.97. The van der Waals surface area contributed by atoms with Gasteiger partial charge in [0.1, 0.15) is 0 Å². The van der Waals surface area contributed by atoms with Crippen LogP contribution in [0.15, 0.2) is 42.5 Å². The number of hydrogen-bond acceptors (Lipinski definition) is 4. The molecule has 0 unspecified atom stereocenters. The summed E-state index contributed by atoms with van der Waals surface area (Å²) < 4.78 is 0. The molecule has 1 aliphatic heterocycles. The summed E-state index contributed by atoms with van der Waals surface area (Å²) >= 11 is 0. The van der Waals surface area contributed by atoms with E-state index in [4.69, 9.17) is 0 Å². The van der Waals surface area contributed by atoms with Crippen LogP contribution < -0.4 is 15.1 Å². The van der Waals surface area contributed by atoms with E-state index < -0.39 is 0 Å². The summed E-state index contributed by atoms with van der Waals surface area (Å²) in [7, 11) is 0. The van der Waals surface area contributed by atoms with Crippen molar-refractivity contribution in [3.8, 4) is 0 Å². The molecule has 2 aromatic rings. The monoisotopic (exact) mass is 369 g/mol. The number of carbonyl (C=O) groups excluding carboxylic acids is 1. The molecule has 0 aliphatic carbocycles. The number of non-ortho nitro benzene ring substituents is 1. The SMILES string of the molecule is Cc1ccc(C)c(NC(=O)C[NH+]2CCN(c3ccc([N+](=O)[O-])cc3)CC2)c1. The first kappa shape index (κ1) is 18.8. The Labute approximate surface area is 158 Å². The van der Waals surface area contributed by atoms with E-state index >= 15 is 0 Å². The maximum atomic E-state index is 12.4. The highest BCUT2D eigenvalue weighted by Crippen LogP contribution is 2.19. The number of benzene rings is 2. The van der Waals surface area contributed by atoms with E-state index in [0.717, 1.165) is 48.7 Å². The molecule has 7 nitrogen and oxygen atoms in total. The van der Waals surface area contributed by atoms with E-state index in [0.29, 0.717) is 6.54 Å². The number of amides is 1. The second-order valence-electron chi connectivity index (χ2n) is 7.05. The molecule has 0 atom stereocenters. The largest absolute Gasteiger partial charge is 0.360 e. The lowest BCUT2D eigenvalue weighted by molar-refractivity contribution is -0.892. The Kier molecular flexibility index (Phi) is 5.71. The van der Waals surface area contributed by atoms with Gasteiger partial charge in [-0.3, -0.25) is 14.9 Å². The van der Waals surface area contributed by atoms with Crippen LogP contribution in [-0.2, 0) is 4.79 Å². The molecular formula is C20H25N4O3+. The van der Waals surface area contributed by atoms with Crippen molar-refractivity contribution in [2.24, 2.45) is 0 Å². The smallest absolute Gasteiger partial charge is 0.279 e. The topological polar surface area (TPSA) is 79.9 Å². The van der Waals surface area contributed by atoms with E-state index in [1.54, 1.807) is 12.1 Å². The van der Waals surface area contributed by atoms with Crippen molar-refractivity contribution in [1.82, 2.24) is 0 Å². The summed E-state index contributed by atoms with van der Waals surface area (Å²) in [5.74, 6) is 0.0301. The zero-order valence-electron chi connectivity index (χ0n) is 15.7. The molecule has 2 aromatic carbocycles. The number of nitrogens with zero attached hydrogens (tertiary/aromatic N) is 2. The molecule has 1 heterocycles.